The summed E-state index contributed by atoms with van der Waals surface area (Å²) in [6, 6.07) is 6.43. The van der Waals surface area contributed by atoms with E-state index >= 15 is 0 Å². The summed E-state index contributed by atoms with van der Waals surface area (Å²) in [5.41, 5.74) is 1.72. The molecule has 2 heterocycles. The summed E-state index contributed by atoms with van der Waals surface area (Å²) in [5.74, 6) is -0.103. The second-order valence-electron chi connectivity index (χ2n) is 5.64. The fourth-order valence-corrected chi connectivity index (χ4v) is 3.44. The normalized spacial score (nSPS) is 18.2. The number of halogens is 1. The highest BCUT2D eigenvalue weighted by atomic mass is 32.1. The number of aromatic nitrogens is 1. The zero-order chi connectivity index (χ0) is 16.2. The van der Waals surface area contributed by atoms with Gasteiger partial charge in [-0.25, -0.2) is 9.37 Å². The van der Waals surface area contributed by atoms with E-state index in [2.05, 4.69) is 4.98 Å². The molecule has 1 amide bonds. The zero-order valence-corrected chi connectivity index (χ0v) is 13.8. The maximum atomic E-state index is 13.0. The van der Waals surface area contributed by atoms with Crippen LogP contribution in [0.25, 0.3) is 11.3 Å². The number of rotatable bonds is 4. The van der Waals surface area contributed by atoms with Gasteiger partial charge in [-0.15, -0.1) is 11.3 Å². The molecule has 1 atom stereocenters. The number of amides is 1. The predicted molar refractivity (Wildman–Crippen MR) is 87.8 cm³/mol. The molecule has 1 aliphatic heterocycles. The molecule has 0 spiro atoms. The van der Waals surface area contributed by atoms with Gasteiger partial charge < -0.3 is 9.64 Å². The Bertz CT molecular complexity index is 671. The number of hydrogen-bond acceptors (Lipinski definition) is 4. The highest BCUT2D eigenvalue weighted by molar-refractivity contribution is 7.09. The third-order valence-electron chi connectivity index (χ3n) is 3.93. The van der Waals surface area contributed by atoms with Gasteiger partial charge in [0, 0.05) is 30.3 Å². The van der Waals surface area contributed by atoms with E-state index in [1.165, 1.54) is 23.5 Å². The molecular formula is C17H19FN2O2S. The van der Waals surface area contributed by atoms with Crippen LogP contribution in [0.5, 0.6) is 0 Å². The first-order valence-corrected chi connectivity index (χ1v) is 8.59. The van der Waals surface area contributed by atoms with Gasteiger partial charge in [0.2, 0.25) is 5.91 Å². The molecule has 23 heavy (non-hydrogen) atoms. The van der Waals surface area contributed by atoms with Crippen molar-refractivity contribution in [2.75, 3.05) is 19.8 Å². The topological polar surface area (TPSA) is 42.4 Å². The van der Waals surface area contributed by atoms with Crippen LogP contribution in [0, 0.1) is 5.82 Å². The van der Waals surface area contributed by atoms with Crippen LogP contribution in [0.4, 0.5) is 4.39 Å². The van der Waals surface area contributed by atoms with Gasteiger partial charge in [-0.2, -0.15) is 0 Å². The number of ether oxygens (including phenoxy) is 1. The monoisotopic (exact) mass is 334 g/mol. The summed E-state index contributed by atoms with van der Waals surface area (Å²) in [7, 11) is 0. The maximum Gasteiger partial charge on any atom is 0.223 e. The lowest BCUT2D eigenvalue weighted by atomic mass is 10.2. The standard InChI is InChI=1S/C17H19FN2O2S/c1-12-10-22-9-8-20(12)17(21)7-6-16-19-15(11-23-16)13-2-4-14(18)5-3-13/h2-5,11-12H,6-10H2,1H3. The van der Waals surface area contributed by atoms with E-state index in [0.29, 0.717) is 32.6 Å². The number of benzene rings is 1. The SMILES string of the molecule is CC1COCCN1C(=O)CCc1nc(-c2ccc(F)cc2)cs1. The van der Waals surface area contributed by atoms with Crippen molar-refractivity contribution in [2.45, 2.75) is 25.8 Å². The van der Waals surface area contributed by atoms with Gasteiger partial charge in [0.05, 0.1) is 30.0 Å². The summed E-state index contributed by atoms with van der Waals surface area (Å²) in [6.45, 7) is 3.89. The van der Waals surface area contributed by atoms with Crippen LogP contribution in [0.1, 0.15) is 18.4 Å². The molecule has 1 aromatic carbocycles. The highest BCUT2D eigenvalue weighted by Gasteiger charge is 2.23. The molecule has 4 nitrogen and oxygen atoms in total. The first-order chi connectivity index (χ1) is 11.1. The second kappa shape index (κ2) is 7.19. The van der Waals surface area contributed by atoms with Crippen LogP contribution in [0.2, 0.25) is 0 Å². The van der Waals surface area contributed by atoms with E-state index < -0.39 is 0 Å². The molecular weight excluding hydrogens is 315 g/mol. The number of aryl methyl sites for hydroxylation is 1. The molecule has 0 bridgehead atoms. The number of nitrogens with zero attached hydrogens (tertiary/aromatic N) is 2. The molecule has 0 aliphatic carbocycles. The third-order valence-corrected chi connectivity index (χ3v) is 4.84. The Labute approximate surface area is 138 Å². The van der Waals surface area contributed by atoms with Crippen LogP contribution in [-0.4, -0.2) is 41.6 Å². The molecule has 0 radical (unpaired) electrons. The highest BCUT2D eigenvalue weighted by Crippen LogP contribution is 2.23. The molecule has 3 rings (SSSR count). The van der Waals surface area contributed by atoms with Gasteiger partial charge in [-0.1, -0.05) is 0 Å². The minimum atomic E-state index is -0.255. The number of morpholine rings is 1. The minimum absolute atomic E-state index is 0.141. The Morgan fingerprint density at radius 3 is 2.96 bits per heavy atom. The lowest BCUT2D eigenvalue weighted by Crippen LogP contribution is -2.47. The van der Waals surface area contributed by atoms with E-state index in [9.17, 15) is 9.18 Å². The van der Waals surface area contributed by atoms with Crippen LogP contribution in [0.15, 0.2) is 29.6 Å². The van der Waals surface area contributed by atoms with Crippen LogP contribution >= 0.6 is 11.3 Å². The van der Waals surface area contributed by atoms with Crippen molar-refractivity contribution >= 4 is 17.2 Å². The summed E-state index contributed by atoms with van der Waals surface area (Å²) in [4.78, 5) is 18.7. The van der Waals surface area contributed by atoms with E-state index in [0.717, 1.165) is 16.3 Å². The molecule has 1 aromatic heterocycles. The molecule has 1 aliphatic rings. The van der Waals surface area contributed by atoms with Gasteiger partial charge in [-0.3, -0.25) is 4.79 Å². The lowest BCUT2D eigenvalue weighted by Gasteiger charge is -2.33. The Hall–Kier alpha value is -1.79. The first kappa shape index (κ1) is 16.1. The number of carbonyl (C=O) groups is 1. The summed E-state index contributed by atoms with van der Waals surface area (Å²) >= 11 is 1.54. The fourth-order valence-electron chi connectivity index (χ4n) is 2.63. The van der Waals surface area contributed by atoms with Crippen LogP contribution in [-0.2, 0) is 16.0 Å². The van der Waals surface area contributed by atoms with Crippen LogP contribution < -0.4 is 0 Å². The van der Waals surface area contributed by atoms with Gasteiger partial charge in [0.1, 0.15) is 5.82 Å². The number of hydrogen-bond donors (Lipinski definition) is 0. The zero-order valence-electron chi connectivity index (χ0n) is 13.0. The van der Waals surface area contributed by atoms with Crippen molar-refractivity contribution in [1.29, 1.82) is 0 Å². The lowest BCUT2D eigenvalue weighted by molar-refractivity contribution is -0.139. The fraction of sp³-hybridized carbons (Fsp3) is 0.412. The molecule has 1 saturated heterocycles. The largest absolute Gasteiger partial charge is 0.377 e. The smallest absolute Gasteiger partial charge is 0.223 e. The molecule has 1 fully saturated rings. The van der Waals surface area contributed by atoms with E-state index in [1.54, 1.807) is 12.1 Å². The van der Waals surface area contributed by atoms with Crippen molar-refractivity contribution in [3.8, 4) is 11.3 Å². The Balaban J connectivity index is 1.58. The van der Waals surface area contributed by atoms with Crippen molar-refractivity contribution < 1.29 is 13.9 Å². The van der Waals surface area contributed by atoms with Gasteiger partial charge in [0.15, 0.2) is 0 Å². The third kappa shape index (κ3) is 3.95. The average molecular weight is 334 g/mol. The molecule has 6 heteroatoms. The van der Waals surface area contributed by atoms with Gasteiger partial charge in [-0.05, 0) is 31.2 Å². The van der Waals surface area contributed by atoms with Crippen LogP contribution in [0.3, 0.4) is 0 Å². The average Bonchev–Trinajstić information content (AvgIpc) is 3.03. The minimum Gasteiger partial charge on any atom is -0.377 e. The second-order valence-corrected chi connectivity index (χ2v) is 6.59. The molecule has 0 N–H and O–H groups in total. The molecule has 122 valence electrons. The summed E-state index contributed by atoms with van der Waals surface area (Å²) in [5, 5.41) is 2.88. The first-order valence-electron chi connectivity index (χ1n) is 7.71. The Morgan fingerprint density at radius 2 is 2.22 bits per heavy atom. The molecule has 2 aromatic rings. The number of thiazole rings is 1. The van der Waals surface area contributed by atoms with Gasteiger partial charge in [0.25, 0.3) is 0 Å². The summed E-state index contributed by atoms with van der Waals surface area (Å²) in [6.07, 6.45) is 1.09. The quantitative estimate of drug-likeness (QED) is 0.863. The van der Waals surface area contributed by atoms with Crippen molar-refractivity contribution in [3.05, 3.63) is 40.5 Å². The van der Waals surface area contributed by atoms with Crippen molar-refractivity contribution in [1.82, 2.24) is 9.88 Å². The summed E-state index contributed by atoms with van der Waals surface area (Å²) < 4.78 is 18.3. The van der Waals surface area contributed by atoms with E-state index in [4.69, 9.17) is 4.74 Å². The predicted octanol–water partition coefficient (Wildman–Crippen LogP) is 3.13. The number of carbonyl (C=O) groups excluding carboxylic acids is 1. The Kier molecular flexibility index (Phi) is 5.03. The van der Waals surface area contributed by atoms with E-state index in [1.807, 2.05) is 17.2 Å². The van der Waals surface area contributed by atoms with Crippen molar-refractivity contribution in [2.24, 2.45) is 0 Å². The molecule has 1 unspecified atom stereocenters. The van der Waals surface area contributed by atoms with Gasteiger partial charge >= 0.3 is 0 Å². The Morgan fingerprint density at radius 1 is 1.43 bits per heavy atom. The maximum absolute atomic E-state index is 13.0. The van der Waals surface area contributed by atoms with E-state index in [-0.39, 0.29) is 17.8 Å². The van der Waals surface area contributed by atoms with Crippen molar-refractivity contribution in [3.63, 3.8) is 0 Å². The molecule has 0 saturated carbocycles.